The molecule has 0 bridgehead atoms. The molecule has 0 heterocycles. The molecule has 0 aliphatic rings. The predicted octanol–water partition coefficient (Wildman–Crippen LogP) is 3.49. The molecule has 5 heteroatoms. The molecule has 1 unspecified atom stereocenters. The van der Waals surface area contributed by atoms with E-state index < -0.39 is 0 Å². The largest absolute Gasteiger partial charge is 0.396 e. The first kappa shape index (κ1) is 18.3. The number of hydrogen-bond donors (Lipinski definition) is 2. The molecule has 1 atom stereocenters. The fourth-order valence-corrected chi connectivity index (χ4v) is 3.03. The minimum atomic E-state index is 0.0630. The van der Waals surface area contributed by atoms with Gasteiger partial charge in [0.15, 0.2) is 0 Å². The number of amides is 1. The molecule has 1 rings (SSSR count). The van der Waals surface area contributed by atoms with E-state index in [4.69, 9.17) is 16.7 Å². The van der Waals surface area contributed by atoms with Crippen molar-refractivity contribution in [1.82, 2.24) is 5.32 Å². The van der Waals surface area contributed by atoms with Crippen LogP contribution in [0, 0.1) is 5.92 Å². The van der Waals surface area contributed by atoms with Gasteiger partial charge in [-0.05, 0) is 36.5 Å². The highest BCUT2D eigenvalue weighted by Gasteiger charge is 2.09. The van der Waals surface area contributed by atoms with Crippen molar-refractivity contribution in [3.8, 4) is 0 Å². The molecule has 0 saturated carbocycles. The first-order valence-electron chi connectivity index (χ1n) is 7.35. The monoisotopic (exact) mass is 329 g/mol. The lowest BCUT2D eigenvalue weighted by Crippen LogP contribution is -2.31. The molecule has 21 heavy (non-hydrogen) atoms. The van der Waals surface area contributed by atoms with Crippen LogP contribution in [0.2, 0.25) is 5.02 Å². The lowest BCUT2D eigenvalue weighted by Gasteiger charge is -2.15. The zero-order chi connectivity index (χ0) is 15.5. The summed E-state index contributed by atoms with van der Waals surface area (Å²) in [4.78, 5) is 11.8. The molecular formula is C16H24ClNO2S. The zero-order valence-corrected chi connectivity index (χ0v) is 14.1. The second-order valence-corrected chi connectivity index (χ2v) is 6.51. The van der Waals surface area contributed by atoms with Gasteiger partial charge in [-0.25, -0.2) is 0 Å². The maximum Gasteiger partial charge on any atom is 0.230 e. The fourth-order valence-electron chi connectivity index (χ4n) is 2.09. The molecule has 0 fully saturated rings. The van der Waals surface area contributed by atoms with Gasteiger partial charge in [-0.1, -0.05) is 37.1 Å². The summed E-state index contributed by atoms with van der Waals surface area (Å²) in [7, 11) is 0. The molecule has 0 saturated heterocycles. The van der Waals surface area contributed by atoms with E-state index in [9.17, 15) is 4.79 Å². The van der Waals surface area contributed by atoms with E-state index in [2.05, 4.69) is 12.2 Å². The van der Waals surface area contributed by atoms with Crippen LogP contribution in [0.4, 0.5) is 0 Å². The lowest BCUT2D eigenvalue weighted by atomic mass is 10.0. The van der Waals surface area contributed by atoms with E-state index in [0.29, 0.717) is 18.2 Å². The number of thioether (sulfide) groups is 1. The second-order valence-electron chi connectivity index (χ2n) is 5.09. The van der Waals surface area contributed by atoms with Gasteiger partial charge in [-0.3, -0.25) is 4.79 Å². The van der Waals surface area contributed by atoms with Crippen molar-refractivity contribution in [2.24, 2.45) is 5.92 Å². The van der Waals surface area contributed by atoms with Crippen molar-refractivity contribution in [1.29, 1.82) is 0 Å². The summed E-state index contributed by atoms with van der Waals surface area (Å²) >= 11 is 7.42. The highest BCUT2D eigenvalue weighted by molar-refractivity contribution is 7.99. The highest BCUT2D eigenvalue weighted by Crippen LogP contribution is 2.15. The van der Waals surface area contributed by atoms with Crippen LogP contribution < -0.4 is 5.32 Å². The molecule has 3 nitrogen and oxygen atoms in total. The topological polar surface area (TPSA) is 49.3 Å². The van der Waals surface area contributed by atoms with Gasteiger partial charge in [0, 0.05) is 23.9 Å². The first-order valence-corrected chi connectivity index (χ1v) is 8.88. The molecule has 1 amide bonds. The Bertz CT molecular complexity index is 405. The third-order valence-electron chi connectivity index (χ3n) is 3.24. The number of hydrogen-bond acceptors (Lipinski definition) is 3. The van der Waals surface area contributed by atoms with Gasteiger partial charge >= 0.3 is 0 Å². The molecule has 2 N–H and O–H groups in total. The van der Waals surface area contributed by atoms with Crippen molar-refractivity contribution in [3.05, 3.63) is 34.9 Å². The Labute approximate surface area is 136 Å². The van der Waals surface area contributed by atoms with E-state index in [1.807, 2.05) is 24.3 Å². The molecular weight excluding hydrogens is 306 g/mol. The SMILES string of the molecule is CCCC(CCO)CNC(=O)CSCc1ccc(Cl)cc1. The van der Waals surface area contributed by atoms with Gasteiger partial charge in [0.1, 0.15) is 0 Å². The van der Waals surface area contributed by atoms with Crippen LogP contribution in [-0.2, 0) is 10.5 Å². The second kappa shape index (κ2) is 10.9. The number of rotatable bonds is 10. The van der Waals surface area contributed by atoms with Gasteiger partial charge < -0.3 is 10.4 Å². The number of carbonyl (C=O) groups excluding carboxylic acids is 1. The number of benzene rings is 1. The summed E-state index contributed by atoms with van der Waals surface area (Å²) in [5.41, 5.74) is 1.17. The van der Waals surface area contributed by atoms with Crippen molar-refractivity contribution < 1.29 is 9.90 Å². The Morgan fingerprint density at radius 3 is 2.67 bits per heavy atom. The Kier molecular flexibility index (Phi) is 9.55. The van der Waals surface area contributed by atoms with Gasteiger partial charge in [0.25, 0.3) is 0 Å². The third kappa shape index (κ3) is 8.34. The average molecular weight is 330 g/mol. The van der Waals surface area contributed by atoms with Crippen molar-refractivity contribution in [2.75, 3.05) is 18.9 Å². The van der Waals surface area contributed by atoms with Gasteiger partial charge in [-0.15, -0.1) is 11.8 Å². The summed E-state index contributed by atoms with van der Waals surface area (Å²) in [6.45, 7) is 2.97. The Hall–Kier alpha value is -0.710. The maximum atomic E-state index is 11.8. The van der Waals surface area contributed by atoms with Crippen LogP contribution in [-0.4, -0.2) is 29.9 Å². The molecule has 1 aromatic rings. The molecule has 118 valence electrons. The lowest BCUT2D eigenvalue weighted by molar-refractivity contribution is -0.118. The molecule has 0 aliphatic heterocycles. The van der Waals surface area contributed by atoms with Crippen LogP contribution in [0.25, 0.3) is 0 Å². The van der Waals surface area contributed by atoms with Crippen LogP contribution in [0.1, 0.15) is 31.7 Å². The Balaban J connectivity index is 2.19. The van der Waals surface area contributed by atoms with Gasteiger partial charge in [-0.2, -0.15) is 0 Å². The summed E-state index contributed by atoms with van der Waals surface area (Å²) in [6.07, 6.45) is 2.87. The molecule has 1 aromatic carbocycles. The average Bonchev–Trinajstić information content (AvgIpc) is 2.47. The van der Waals surface area contributed by atoms with Crippen molar-refractivity contribution in [3.63, 3.8) is 0 Å². The number of carbonyl (C=O) groups is 1. The summed E-state index contributed by atoms with van der Waals surface area (Å²) in [5.74, 6) is 1.71. The molecule has 0 radical (unpaired) electrons. The van der Waals surface area contributed by atoms with E-state index in [-0.39, 0.29) is 12.5 Å². The van der Waals surface area contributed by atoms with E-state index >= 15 is 0 Å². The molecule has 0 aromatic heterocycles. The summed E-state index contributed by atoms with van der Waals surface area (Å²) in [5, 5.41) is 12.7. The normalized spacial score (nSPS) is 12.1. The molecule has 0 aliphatic carbocycles. The minimum absolute atomic E-state index is 0.0630. The van der Waals surface area contributed by atoms with Crippen LogP contribution in [0.5, 0.6) is 0 Å². The minimum Gasteiger partial charge on any atom is -0.396 e. The first-order chi connectivity index (χ1) is 10.2. The highest BCUT2D eigenvalue weighted by atomic mass is 35.5. The van der Waals surface area contributed by atoms with Gasteiger partial charge in [0.05, 0.1) is 5.75 Å². The standard InChI is InChI=1S/C16H24ClNO2S/c1-2-3-13(8-9-19)10-18-16(20)12-21-11-14-4-6-15(17)7-5-14/h4-7,13,19H,2-3,8-12H2,1H3,(H,18,20). The van der Waals surface area contributed by atoms with E-state index in [0.717, 1.165) is 30.0 Å². The number of nitrogens with one attached hydrogen (secondary N) is 1. The Morgan fingerprint density at radius 2 is 2.05 bits per heavy atom. The molecule has 0 spiro atoms. The zero-order valence-electron chi connectivity index (χ0n) is 12.5. The number of halogens is 1. The number of aliphatic hydroxyl groups is 1. The number of aliphatic hydroxyl groups excluding tert-OH is 1. The smallest absolute Gasteiger partial charge is 0.230 e. The summed E-state index contributed by atoms with van der Waals surface area (Å²) in [6, 6.07) is 7.68. The predicted molar refractivity (Wildman–Crippen MR) is 90.7 cm³/mol. The maximum absolute atomic E-state index is 11.8. The van der Waals surface area contributed by atoms with Crippen LogP contribution in [0.3, 0.4) is 0 Å². The third-order valence-corrected chi connectivity index (χ3v) is 4.49. The van der Waals surface area contributed by atoms with Crippen LogP contribution >= 0.6 is 23.4 Å². The van der Waals surface area contributed by atoms with E-state index in [1.165, 1.54) is 5.56 Å². The van der Waals surface area contributed by atoms with Gasteiger partial charge in [0.2, 0.25) is 5.91 Å². The fraction of sp³-hybridized carbons (Fsp3) is 0.562. The Morgan fingerprint density at radius 1 is 1.33 bits per heavy atom. The van der Waals surface area contributed by atoms with Crippen molar-refractivity contribution in [2.45, 2.75) is 31.9 Å². The quantitative estimate of drug-likeness (QED) is 0.691. The summed E-state index contributed by atoms with van der Waals surface area (Å²) < 4.78 is 0. The van der Waals surface area contributed by atoms with Crippen LogP contribution in [0.15, 0.2) is 24.3 Å². The van der Waals surface area contributed by atoms with Crippen molar-refractivity contribution >= 4 is 29.3 Å². The van der Waals surface area contributed by atoms with E-state index in [1.54, 1.807) is 11.8 Å².